The van der Waals surface area contributed by atoms with Crippen LogP contribution in [0.5, 0.6) is 0 Å². The van der Waals surface area contributed by atoms with Crippen molar-refractivity contribution in [3.8, 4) is 6.07 Å². The summed E-state index contributed by atoms with van der Waals surface area (Å²) in [6.07, 6.45) is -0.944. The van der Waals surface area contributed by atoms with Crippen LogP contribution in [0.1, 0.15) is 20.3 Å². The molecule has 26 heavy (non-hydrogen) atoms. The summed E-state index contributed by atoms with van der Waals surface area (Å²) in [5.41, 5.74) is 2.32. The third-order valence-electron chi connectivity index (χ3n) is 4.38. The van der Waals surface area contributed by atoms with Gasteiger partial charge in [-0.3, -0.25) is 19.1 Å². The number of nitrogens with one attached hydrogen (secondary N) is 1. The van der Waals surface area contributed by atoms with Gasteiger partial charge in [0.2, 0.25) is 0 Å². The van der Waals surface area contributed by atoms with Crippen molar-refractivity contribution in [1.82, 2.24) is 9.55 Å². The third kappa shape index (κ3) is 3.26. The second kappa shape index (κ2) is 7.15. The van der Waals surface area contributed by atoms with E-state index in [-0.39, 0.29) is 24.5 Å². The minimum Gasteiger partial charge on any atom is -0.509 e. The van der Waals surface area contributed by atoms with Gasteiger partial charge < -0.3 is 20.7 Å². The van der Waals surface area contributed by atoms with Crippen LogP contribution in [-0.4, -0.2) is 44.5 Å². The number of carbonyl (C=O) groups excluding carboxylic acids is 1. The van der Waals surface area contributed by atoms with Crippen LogP contribution in [0.3, 0.4) is 0 Å². The first kappa shape index (κ1) is 19.4. The zero-order chi connectivity index (χ0) is 19.6. The first-order chi connectivity index (χ1) is 12.1. The number of carbonyl (C=O) groups is 1. The highest BCUT2D eigenvalue weighted by atomic mass is 16.5. The van der Waals surface area contributed by atoms with Crippen molar-refractivity contribution in [1.29, 1.82) is 5.26 Å². The molecule has 0 fully saturated rings. The summed E-state index contributed by atoms with van der Waals surface area (Å²) >= 11 is 0. The van der Waals surface area contributed by atoms with Gasteiger partial charge in [0, 0.05) is 24.3 Å². The van der Waals surface area contributed by atoms with Gasteiger partial charge in [-0.2, -0.15) is 5.26 Å². The Bertz CT molecular complexity index is 893. The maximum atomic E-state index is 12.0. The highest BCUT2D eigenvalue weighted by Gasteiger charge is 2.50. The number of nitriles is 1. The van der Waals surface area contributed by atoms with Crippen molar-refractivity contribution in [3.63, 3.8) is 0 Å². The van der Waals surface area contributed by atoms with Crippen LogP contribution < -0.4 is 17.0 Å². The Labute approximate surface area is 148 Å². The number of aromatic nitrogens is 2. The average molecular weight is 364 g/mol. The van der Waals surface area contributed by atoms with Crippen LogP contribution in [0.4, 0.5) is 0 Å². The van der Waals surface area contributed by atoms with Gasteiger partial charge in [0.05, 0.1) is 6.07 Å². The van der Waals surface area contributed by atoms with Crippen molar-refractivity contribution in [2.75, 3.05) is 6.61 Å². The molecule has 0 radical (unpaired) electrons. The molecule has 1 heterocycles. The topological polar surface area (TPSA) is 171 Å². The maximum absolute atomic E-state index is 12.0. The molecule has 3 atom stereocenters. The van der Waals surface area contributed by atoms with Gasteiger partial charge >= 0.3 is 11.7 Å². The number of H-pyrrole nitrogens is 1. The number of aromatic amines is 1. The van der Waals surface area contributed by atoms with Crippen LogP contribution in [0.15, 0.2) is 33.2 Å². The predicted molar refractivity (Wildman–Crippen MR) is 89.0 cm³/mol. The third-order valence-corrected chi connectivity index (χ3v) is 4.38. The Morgan fingerprint density at radius 3 is 2.77 bits per heavy atom. The zero-order valence-electron chi connectivity index (χ0n) is 14.3. The molecule has 0 aliphatic heterocycles. The molecule has 0 saturated heterocycles. The van der Waals surface area contributed by atoms with Crippen molar-refractivity contribution in [3.05, 3.63) is 44.4 Å². The molecule has 0 bridgehead atoms. The fraction of sp³-hybridized carbons (Fsp3) is 0.500. The molecular formula is C16H20N4O6. The Morgan fingerprint density at radius 1 is 1.58 bits per heavy atom. The average Bonchev–Trinajstić information content (AvgIpc) is 2.84. The number of hydrogen-bond acceptors (Lipinski definition) is 8. The fourth-order valence-corrected chi connectivity index (χ4v) is 2.69. The number of aliphatic hydroxyl groups excluding tert-OH is 2. The van der Waals surface area contributed by atoms with Gasteiger partial charge in [0.15, 0.2) is 5.54 Å². The molecule has 5 N–H and O–H groups in total. The lowest BCUT2D eigenvalue weighted by Gasteiger charge is -2.27. The van der Waals surface area contributed by atoms with Crippen molar-refractivity contribution in [2.45, 2.75) is 38.0 Å². The fourth-order valence-electron chi connectivity index (χ4n) is 2.69. The van der Waals surface area contributed by atoms with Crippen LogP contribution in [0.2, 0.25) is 0 Å². The molecule has 0 aromatic carbocycles. The molecule has 1 aliphatic carbocycles. The number of nitrogens with two attached hydrogens (primary N) is 1. The van der Waals surface area contributed by atoms with Crippen LogP contribution in [0, 0.1) is 17.2 Å². The van der Waals surface area contributed by atoms with Crippen molar-refractivity contribution >= 4 is 5.97 Å². The van der Waals surface area contributed by atoms with Crippen molar-refractivity contribution < 1.29 is 19.7 Å². The summed E-state index contributed by atoms with van der Waals surface area (Å²) in [6, 6.07) is 1.98. The van der Waals surface area contributed by atoms with Crippen molar-refractivity contribution in [2.24, 2.45) is 11.7 Å². The van der Waals surface area contributed by atoms with E-state index < -0.39 is 40.7 Å². The molecule has 10 heteroatoms. The lowest BCUT2D eigenvalue weighted by Crippen LogP contribution is -2.48. The lowest BCUT2D eigenvalue weighted by molar-refractivity contribution is -0.145. The first-order valence-electron chi connectivity index (χ1n) is 7.89. The normalized spacial score (nSPS) is 23.8. The van der Waals surface area contributed by atoms with Gasteiger partial charge in [-0.1, -0.05) is 13.8 Å². The second-order valence-electron chi connectivity index (χ2n) is 6.46. The van der Waals surface area contributed by atoms with Gasteiger partial charge in [0.25, 0.3) is 5.56 Å². The largest absolute Gasteiger partial charge is 0.509 e. The zero-order valence-corrected chi connectivity index (χ0v) is 14.3. The first-order valence-corrected chi connectivity index (χ1v) is 7.89. The van der Waals surface area contributed by atoms with E-state index in [1.165, 1.54) is 0 Å². The summed E-state index contributed by atoms with van der Waals surface area (Å²) < 4.78 is 5.88. The van der Waals surface area contributed by atoms with Gasteiger partial charge in [0.1, 0.15) is 24.5 Å². The summed E-state index contributed by atoms with van der Waals surface area (Å²) in [6.45, 7) is 3.10. The van der Waals surface area contributed by atoms with Crippen LogP contribution >= 0.6 is 0 Å². The Morgan fingerprint density at radius 2 is 2.23 bits per heavy atom. The molecule has 0 saturated carbocycles. The summed E-state index contributed by atoms with van der Waals surface area (Å²) in [5, 5.41) is 30.1. The van der Waals surface area contributed by atoms with E-state index in [0.717, 1.165) is 16.8 Å². The van der Waals surface area contributed by atoms with E-state index >= 15 is 0 Å². The molecule has 1 aromatic heterocycles. The molecule has 1 aliphatic rings. The SMILES string of the molecule is CC(C)[C@H](N)C(=O)OCC1=C(O)C(O)[C@](C#N)(n2ccc(=O)[nH]c2=O)C1. The minimum absolute atomic E-state index is 0.0847. The number of hydrogen-bond donors (Lipinski definition) is 4. The number of nitrogens with zero attached hydrogens (tertiary/aromatic N) is 2. The molecule has 2 rings (SSSR count). The van der Waals surface area contributed by atoms with Gasteiger partial charge in [-0.05, 0) is 5.92 Å². The van der Waals surface area contributed by atoms with E-state index in [1.807, 2.05) is 11.1 Å². The second-order valence-corrected chi connectivity index (χ2v) is 6.46. The lowest BCUT2D eigenvalue weighted by atomic mass is 9.94. The number of rotatable bonds is 5. The number of ether oxygens (including phenoxy) is 1. The van der Waals surface area contributed by atoms with Crippen LogP contribution in [-0.2, 0) is 15.1 Å². The maximum Gasteiger partial charge on any atom is 0.329 e. The minimum atomic E-state index is -1.87. The molecular weight excluding hydrogens is 344 g/mol. The van der Waals surface area contributed by atoms with E-state index in [0.29, 0.717) is 0 Å². The number of esters is 1. The van der Waals surface area contributed by atoms with Gasteiger partial charge in [-0.25, -0.2) is 4.79 Å². The number of aliphatic hydroxyl groups is 2. The quantitative estimate of drug-likeness (QED) is 0.475. The highest BCUT2D eigenvalue weighted by Crippen LogP contribution is 2.38. The highest BCUT2D eigenvalue weighted by molar-refractivity contribution is 5.75. The van der Waals surface area contributed by atoms with Gasteiger partial charge in [-0.15, -0.1) is 0 Å². The van der Waals surface area contributed by atoms with E-state index in [4.69, 9.17) is 10.5 Å². The summed E-state index contributed by atoms with van der Waals surface area (Å²) in [7, 11) is 0. The Kier molecular flexibility index (Phi) is 5.34. The summed E-state index contributed by atoms with van der Waals surface area (Å²) in [5.74, 6) is -1.40. The monoisotopic (exact) mass is 364 g/mol. The Hall–Kier alpha value is -2.90. The molecule has 10 nitrogen and oxygen atoms in total. The standard InChI is InChI=1S/C16H20N4O6/c1-8(2)11(18)14(24)26-6-9-5-16(7-17,13(23)12(9)22)20-4-3-10(21)19-15(20)25/h3-4,8,11,13,22-23H,5-6,18H2,1-2H3,(H,19,21,25)/t11-,13?,16-/m0/s1. The smallest absolute Gasteiger partial charge is 0.329 e. The molecule has 1 aromatic rings. The van der Waals surface area contributed by atoms with E-state index in [1.54, 1.807) is 13.8 Å². The Balaban J connectivity index is 2.28. The molecule has 140 valence electrons. The van der Waals surface area contributed by atoms with E-state index in [9.17, 15) is 29.9 Å². The predicted octanol–water partition coefficient (Wildman–Crippen LogP) is -1.14. The molecule has 0 spiro atoms. The molecule has 1 unspecified atom stereocenters. The van der Waals surface area contributed by atoms with E-state index in [2.05, 4.69) is 0 Å². The summed E-state index contributed by atoms with van der Waals surface area (Å²) in [4.78, 5) is 37.1. The molecule has 0 amide bonds. The van der Waals surface area contributed by atoms with Crippen LogP contribution in [0.25, 0.3) is 0 Å².